The molecule has 1 aliphatic rings. The van der Waals surface area contributed by atoms with Gasteiger partial charge in [-0.15, -0.1) is 0 Å². The third-order valence-electron chi connectivity index (χ3n) is 6.46. The Morgan fingerprint density at radius 1 is 1.13 bits per heavy atom. The molecule has 0 unspecified atom stereocenters. The van der Waals surface area contributed by atoms with Gasteiger partial charge >= 0.3 is 6.09 Å². The van der Waals surface area contributed by atoms with E-state index in [4.69, 9.17) is 4.74 Å². The number of ether oxygens (including phenoxy) is 1. The summed E-state index contributed by atoms with van der Waals surface area (Å²) in [6, 6.07) is 24.0. The molecule has 1 aliphatic heterocycles. The van der Waals surface area contributed by atoms with Gasteiger partial charge in [-0.05, 0) is 69.5 Å². The lowest BCUT2D eigenvalue weighted by atomic mass is 10.1. The second-order valence-corrected chi connectivity index (χ2v) is 10.4. The summed E-state index contributed by atoms with van der Waals surface area (Å²) in [5, 5.41) is 21.5. The van der Waals surface area contributed by atoms with Gasteiger partial charge in [-0.25, -0.2) is 14.2 Å². The van der Waals surface area contributed by atoms with Crippen molar-refractivity contribution in [3.8, 4) is 17.2 Å². The SMILES string of the molecule is CC(C)(C)OC(=O)N(c1ccc(-c2ccccc2)cc1)c1cc(N[C@H]2CCCNC2)c(C#N)c2ccnn12. The van der Waals surface area contributed by atoms with Gasteiger partial charge in [0.15, 0.2) is 0 Å². The van der Waals surface area contributed by atoms with Gasteiger partial charge in [0.05, 0.1) is 23.1 Å². The van der Waals surface area contributed by atoms with E-state index in [9.17, 15) is 10.1 Å². The third kappa shape index (κ3) is 5.34. The number of pyridine rings is 1. The van der Waals surface area contributed by atoms with E-state index in [1.54, 1.807) is 16.8 Å². The van der Waals surface area contributed by atoms with E-state index in [1.807, 2.05) is 81.4 Å². The smallest absolute Gasteiger partial charge is 0.420 e. The number of anilines is 3. The van der Waals surface area contributed by atoms with Crippen LogP contribution >= 0.6 is 0 Å². The van der Waals surface area contributed by atoms with Crippen LogP contribution in [0.2, 0.25) is 0 Å². The number of benzene rings is 2. The molecule has 2 aromatic heterocycles. The van der Waals surface area contributed by atoms with E-state index in [2.05, 4.69) is 21.8 Å². The fraction of sp³-hybridized carbons (Fsp3) is 0.300. The summed E-state index contributed by atoms with van der Waals surface area (Å²) in [6.07, 6.45) is 3.15. The van der Waals surface area contributed by atoms with Crippen LogP contribution in [0.1, 0.15) is 39.2 Å². The largest absolute Gasteiger partial charge is 0.443 e. The lowest BCUT2D eigenvalue weighted by Gasteiger charge is -2.29. The summed E-state index contributed by atoms with van der Waals surface area (Å²) in [4.78, 5) is 15.2. The monoisotopic (exact) mass is 508 g/mol. The summed E-state index contributed by atoms with van der Waals surface area (Å²) in [6.45, 7) is 7.32. The molecule has 0 aliphatic carbocycles. The van der Waals surface area contributed by atoms with Crippen LogP contribution in [-0.4, -0.2) is 40.4 Å². The zero-order valence-corrected chi connectivity index (χ0v) is 21.9. The molecule has 5 rings (SSSR count). The number of rotatable bonds is 5. The normalized spacial score (nSPS) is 15.6. The maximum Gasteiger partial charge on any atom is 0.420 e. The molecular formula is C30H32N6O2. The van der Waals surface area contributed by atoms with Gasteiger partial charge in [0.1, 0.15) is 23.1 Å². The van der Waals surface area contributed by atoms with Gasteiger partial charge in [-0.1, -0.05) is 42.5 Å². The first-order chi connectivity index (χ1) is 18.3. The fourth-order valence-electron chi connectivity index (χ4n) is 4.73. The molecule has 0 bridgehead atoms. The number of nitriles is 1. The Labute approximate surface area is 222 Å². The van der Waals surface area contributed by atoms with Crippen molar-refractivity contribution in [1.82, 2.24) is 14.9 Å². The number of piperidine rings is 1. The second kappa shape index (κ2) is 10.6. The number of nitrogens with one attached hydrogen (secondary N) is 2. The van der Waals surface area contributed by atoms with Gasteiger partial charge in [0.25, 0.3) is 0 Å². The van der Waals surface area contributed by atoms with Gasteiger partial charge in [0.2, 0.25) is 0 Å². The molecule has 0 spiro atoms. The molecule has 1 fully saturated rings. The van der Waals surface area contributed by atoms with Crippen molar-refractivity contribution in [2.24, 2.45) is 0 Å². The van der Waals surface area contributed by atoms with Gasteiger partial charge in [0, 0.05) is 18.7 Å². The van der Waals surface area contributed by atoms with Crippen LogP contribution in [0, 0.1) is 11.3 Å². The van der Waals surface area contributed by atoms with E-state index in [0.29, 0.717) is 28.3 Å². The summed E-state index contributed by atoms with van der Waals surface area (Å²) < 4.78 is 7.47. The van der Waals surface area contributed by atoms with Crippen LogP contribution in [0.25, 0.3) is 16.6 Å². The maximum absolute atomic E-state index is 13.7. The standard InChI is InChI=1S/C30H32N6O2/c1-30(2,3)38-29(37)35(24-13-11-22(12-14-24)21-8-5-4-6-9-21)28-18-26(34-23-10-7-16-32-20-23)25(19-31)27-15-17-33-36(27)28/h4-6,8-9,11-15,17-18,23,32,34H,7,10,16,20H2,1-3H3/t23-/m0/s1. The molecular weight excluding hydrogens is 476 g/mol. The lowest BCUT2D eigenvalue weighted by molar-refractivity contribution is 0.0597. The number of fused-ring (bicyclic) bond motifs is 1. The van der Waals surface area contributed by atoms with Crippen LogP contribution < -0.4 is 15.5 Å². The Hall–Kier alpha value is -4.35. The molecule has 3 heterocycles. The highest BCUT2D eigenvalue weighted by Gasteiger charge is 2.29. The predicted octanol–water partition coefficient (Wildman–Crippen LogP) is 6.11. The molecule has 1 atom stereocenters. The average Bonchev–Trinajstić information content (AvgIpc) is 3.39. The summed E-state index contributed by atoms with van der Waals surface area (Å²) >= 11 is 0. The number of amides is 1. The number of aromatic nitrogens is 2. The average molecular weight is 509 g/mol. The van der Waals surface area contributed by atoms with E-state index in [-0.39, 0.29) is 6.04 Å². The number of carbonyl (C=O) groups is 1. The second-order valence-electron chi connectivity index (χ2n) is 10.4. The van der Waals surface area contributed by atoms with Crippen LogP contribution in [0.5, 0.6) is 0 Å². The molecule has 4 aromatic rings. The third-order valence-corrected chi connectivity index (χ3v) is 6.46. The molecule has 8 nitrogen and oxygen atoms in total. The molecule has 38 heavy (non-hydrogen) atoms. The van der Waals surface area contributed by atoms with Crippen molar-refractivity contribution >= 4 is 28.8 Å². The minimum Gasteiger partial charge on any atom is -0.443 e. The summed E-state index contributed by atoms with van der Waals surface area (Å²) in [7, 11) is 0. The van der Waals surface area contributed by atoms with E-state index >= 15 is 0 Å². The van der Waals surface area contributed by atoms with Gasteiger partial charge < -0.3 is 15.4 Å². The number of hydrogen-bond donors (Lipinski definition) is 2. The first kappa shape index (κ1) is 25.3. The molecule has 1 amide bonds. The Morgan fingerprint density at radius 3 is 2.53 bits per heavy atom. The highest BCUT2D eigenvalue weighted by molar-refractivity contribution is 5.97. The van der Waals surface area contributed by atoms with E-state index in [1.165, 1.54) is 4.90 Å². The zero-order chi connectivity index (χ0) is 26.7. The highest BCUT2D eigenvalue weighted by atomic mass is 16.6. The number of hydrogen-bond acceptors (Lipinski definition) is 6. The number of carbonyl (C=O) groups excluding carboxylic acids is 1. The Bertz CT molecular complexity index is 1460. The van der Waals surface area contributed by atoms with Crippen molar-refractivity contribution in [1.29, 1.82) is 5.26 Å². The summed E-state index contributed by atoms with van der Waals surface area (Å²) in [5.41, 5.74) is 3.82. The van der Waals surface area contributed by atoms with Crippen molar-refractivity contribution in [2.45, 2.75) is 45.3 Å². The first-order valence-corrected chi connectivity index (χ1v) is 12.9. The molecule has 2 N–H and O–H groups in total. The lowest BCUT2D eigenvalue weighted by Crippen LogP contribution is -2.39. The zero-order valence-electron chi connectivity index (χ0n) is 21.9. The number of nitrogens with zero attached hydrogens (tertiary/aromatic N) is 4. The minimum absolute atomic E-state index is 0.175. The Kier molecular flexibility index (Phi) is 7.03. The highest BCUT2D eigenvalue weighted by Crippen LogP contribution is 2.35. The van der Waals surface area contributed by atoms with Crippen molar-refractivity contribution in [3.63, 3.8) is 0 Å². The van der Waals surface area contributed by atoms with Crippen molar-refractivity contribution < 1.29 is 9.53 Å². The van der Waals surface area contributed by atoms with E-state index < -0.39 is 11.7 Å². The fourth-order valence-corrected chi connectivity index (χ4v) is 4.73. The Morgan fingerprint density at radius 2 is 1.87 bits per heavy atom. The maximum atomic E-state index is 13.7. The van der Waals surface area contributed by atoms with Crippen LogP contribution in [0.3, 0.4) is 0 Å². The minimum atomic E-state index is -0.704. The molecule has 0 saturated carbocycles. The topological polar surface area (TPSA) is 94.7 Å². The molecule has 194 valence electrons. The Balaban J connectivity index is 1.63. The predicted molar refractivity (Wildman–Crippen MR) is 150 cm³/mol. The molecule has 8 heteroatoms. The van der Waals surface area contributed by atoms with Crippen LogP contribution in [-0.2, 0) is 4.74 Å². The van der Waals surface area contributed by atoms with Gasteiger partial charge in [-0.3, -0.25) is 0 Å². The van der Waals surface area contributed by atoms with E-state index in [0.717, 1.165) is 37.1 Å². The first-order valence-electron chi connectivity index (χ1n) is 12.9. The quantitative estimate of drug-likeness (QED) is 0.338. The van der Waals surface area contributed by atoms with Gasteiger partial charge in [-0.2, -0.15) is 10.4 Å². The molecule has 1 saturated heterocycles. The van der Waals surface area contributed by atoms with Crippen molar-refractivity contribution in [2.75, 3.05) is 23.3 Å². The molecule has 0 radical (unpaired) electrons. The van der Waals surface area contributed by atoms with Crippen LogP contribution in [0.15, 0.2) is 72.9 Å². The van der Waals surface area contributed by atoms with Crippen LogP contribution in [0.4, 0.5) is 22.0 Å². The summed E-state index contributed by atoms with van der Waals surface area (Å²) in [5.74, 6) is 0.483. The van der Waals surface area contributed by atoms with Crippen molar-refractivity contribution in [3.05, 3.63) is 78.5 Å². The molecule has 2 aromatic carbocycles.